The molecule has 0 aromatic carbocycles. The van der Waals surface area contributed by atoms with Gasteiger partial charge in [-0.25, -0.2) is 4.98 Å². The first kappa shape index (κ1) is 13.3. The van der Waals surface area contributed by atoms with Crippen LogP contribution in [0, 0.1) is 0 Å². The van der Waals surface area contributed by atoms with Gasteiger partial charge in [-0.15, -0.1) is 0 Å². The first-order valence-corrected chi connectivity index (χ1v) is 6.35. The van der Waals surface area contributed by atoms with Crippen molar-refractivity contribution in [2.45, 2.75) is 32.3 Å². The molecule has 0 aliphatic carbocycles. The zero-order valence-corrected chi connectivity index (χ0v) is 11.5. The van der Waals surface area contributed by atoms with E-state index >= 15 is 0 Å². The number of β-amino-alcohol motifs (C(OH)–C–C–N with tert-alkyl or cyclic N) is 1. The molecular formula is C13H17ClN2O2. The minimum Gasteiger partial charge on any atom is -0.386 e. The molecule has 0 bridgehead atoms. The summed E-state index contributed by atoms with van der Waals surface area (Å²) in [5.74, 6) is 0.113. The van der Waals surface area contributed by atoms with Crippen molar-refractivity contribution in [2.24, 2.45) is 0 Å². The summed E-state index contributed by atoms with van der Waals surface area (Å²) in [6.07, 6.45) is 0. The number of nitrogens with zero attached hydrogens (tertiary/aromatic N) is 2. The minimum absolute atomic E-state index is 0.104. The van der Waals surface area contributed by atoms with E-state index in [2.05, 4.69) is 4.98 Å². The fourth-order valence-corrected chi connectivity index (χ4v) is 2.25. The molecule has 2 rings (SSSR count). The van der Waals surface area contributed by atoms with Gasteiger partial charge in [0.2, 0.25) is 0 Å². The lowest BCUT2D eigenvalue weighted by atomic mass is 9.95. The molecule has 1 amide bonds. The average Bonchev–Trinajstić information content (AvgIpc) is 2.23. The van der Waals surface area contributed by atoms with Gasteiger partial charge < -0.3 is 10.0 Å². The summed E-state index contributed by atoms with van der Waals surface area (Å²) >= 11 is 5.93. The molecule has 1 aromatic rings. The van der Waals surface area contributed by atoms with Crippen molar-refractivity contribution in [1.29, 1.82) is 0 Å². The topological polar surface area (TPSA) is 53.4 Å². The van der Waals surface area contributed by atoms with Gasteiger partial charge in [0.05, 0.1) is 18.7 Å². The predicted octanol–water partition coefficient (Wildman–Crippen LogP) is 2.07. The summed E-state index contributed by atoms with van der Waals surface area (Å²) in [4.78, 5) is 18.0. The maximum absolute atomic E-state index is 12.2. The van der Waals surface area contributed by atoms with Crippen LogP contribution >= 0.6 is 11.6 Å². The first-order chi connectivity index (χ1) is 8.28. The Labute approximate surface area is 112 Å². The van der Waals surface area contributed by atoms with E-state index in [0.717, 1.165) is 5.69 Å². The number of halogens is 1. The number of aliphatic hydroxyl groups is 1. The van der Waals surface area contributed by atoms with Crippen LogP contribution in [0.25, 0.3) is 0 Å². The summed E-state index contributed by atoms with van der Waals surface area (Å²) in [5, 5.41) is 9.97. The molecule has 1 aliphatic rings. The van der Waals surface area contributed by atoms with Crippen molar-refractivity contribution in [1.82, 2.24) is 9.88 Å². The van der Waals surface area contributed by atoms with Crippen molar-refractivity contribution < 1.29 is 9.90 Å². The molecule has 4 nitrogen and oxygen atoms in total. The standard InChI is InChI=1S/C13H17ClN2O2/c1-8(2)10-4-9(5-11(14)15-10)12(17)16-6-13(3,18)7-16/h4-5,8,18H,6-7H2,1-3H3. The van der Waals surface area contributed by atoms with Gasteiger partial charge in [0, 0.05) is 11.3 Å². The normalized spacial score (nSPS) is 17.8. The third-order valence-corrected chi connectivity index (χ3v) is 3.20. The molecule has 0 radical (unpaired) electrons. The SMILES string of the molecule is CC(C)c1cc(C(=O)N2CC(C)(O)C2)cc(Cl)n1. The fourth-order valence-electron chi connectivity index (χ4n) is 2.04. The molecule has 0 atom stereocenters. The summed E-state index contributed by atoms with van der Waals surface area (Å²) in [7, 11) is 0. The molecule has 2 heterocycles. The molecule has 1 saturated heterocycles. The lowest BCUT2D eigenvalue weighted by Crippen LogP contribution is -2.61. The number of hydrogen-bond donors (Lipinski definition) is 1. The van der Waals surface area contributed by atoms with Gasteiger partial charge in [-0.3, -0.25) is 4.79 Å². The Kier molecular flexibility index (Phi) is 3.34. The summed E-state index contributed by atoms with van der Waals surface area (Å²) in [5.41, 5.74) is 0.584. The number of hydrogen-bond acceptors (Lipinski definition) is 3. The van der Waals surface area contributed by atoms with Crippen LogP contribution in [0.15, 0.2) is 12.1 Å². The number of aromatic nitrogens is 1. The van der Waals surface area contributed by atoms with Crippen LogP contribution in [-0.2, 0) is 0 Å². The van der Waals surface area contributed by atoms with E-state index in [4.69, 9.17) is 11.6 Å². The van der Waals surface area contributed by atoms with E-state index in [-0.39, 0.29) is 11.8 Å². The molecule has 1 aromatic heterocycles. The van der Waals surface area contributed by atoms with Crippen LogP contribution in [0.5, 0.6) is 0 Å². The number of rotatable bonds is 2. The molecule has 1 fully saturated rings. The van der Waals surface area contributed by atoms with Crippen LogP contribution < -0.4 is 0 Å². The summed E-state index contributed by atoms with van der Waals surface area (Å²) in [6, 6.07) is 3.34. The highest BCUT2D eigenvalue weighted by molar-refractivity contribution is 6.29. The number of carbonyl (C=O) groups excluding carboxylic acids is 1. The molecule has 98 valence electrons. The molecule has 18 heavy (non-hydrogen) atoms. The van der Waals surface area contributed by atoms with Crippen LogP contribution in [0.4, 0.5) is 0 Å². The third-order valence-electron chi connectivity index (χ3n) is 3.00. The third kappa shape index (κ3) is 2.65. The Hall–Kier alpha value is -1.13. The largest absolute Gasteiger partial charge is 0.386 e. The second kappa shape index (κ2) is 4.52. The van der Waals surface area contributed by atoms with Gasteiger partial charge in [-0.05, 0) is 25.0 Å². The van der Waals surface area contributed by atoms with Crippen molar-refractivity contribution in [3.63, 3.8) is 0 Å². The number of amides is 1. The summed E-state index contributed by atoms with van der Waals surface area (Å²) in [6.45, 7) is 6.45. The van der Waals surface area contributed by atoms with Gasteiger partial charge in [-0.1, -0.05) is 25.4 Å². The molecule has 0 saturated carbocycles. The van der Waals surface area contributed by atoms with Crippen molar-refractivity contribution >= 4 is 17.5 Å². The Bertz CT molecular complexity index is 478. The zero-order valence-electron chi connectivity index (χ0n) is 10.8. The number of pyridine rings is 1. The van der Waals surface area contributed by atoms with Crippen molar-refractivity contribution in [2.75, 3.05) is 13.1 Å². The maximum atomic E-state index is 12.2. The Balaban J connectivity index is 2.21. The van der Waals surface area contributed by atoms with Crippen molar-refractivity contribution in [3.8, 4) is 0 Å². The van der Waals surface area contributed by atoms with E-state index in [1.54, 1.807) is 24.0 Å². The van der Waals surface area contributed by atoms with Crippen LogP contribution in [0.3, 0.4) is 0 Å². The van der Waals surface area contributed by atoms with E-state index in [1.165, 1.54) is 0 Å². The van der Waals surface area contributed by atoms with E-state index < -0.39 is 5.60 Å². The molecule has 1 aliphatic heterocycles. The minimum atomic E-state index is -0.757. The van der Waals surface area contributed by atoms with Crippen molar-refractivity contribution in [3.05, 3.63) is 28.5 Å². The molecule has 0 spiro atoms. The van der Waals surface area contributed by atoms with Gasteiger partial charge in [0.15, 0.2) is 0 Å². The lowest BCUT2D eigenvalue weighted by Gasteiger charge is -2.44. The lowest BCUT2D eigenvalue weighted by molar-refractivity contribution is -0.0668. The van der Waals surface area contributed by atoms with E-state index in [1.807, 2.05) is 13.8 Å². The van der Waals surface area contributed by atoms with E-state index in [0.29, 0.717) is 23.8 Å². The average molecular weight is 269 g/mol. The number of carbonyl (C=O) groups is 1. The Morgan fingerprint density at radius 3 is 2.61 bits per heavy atom. The van der Waals surface area contributed by atoms with Gasteiger partial charge in [0.1, 0.15) is 5.15 Å². The zero-order chi connectivity index (χ0) is 13.5. The summed E-state index contributed by atoms with van der Waals surface area (Å²) < 4.78 is 0. The highest BCUT2D eigenvalue weighted by Crippen LogP contribution is 2.24. The Morgan fingerprint density at radius 2 is 2.11 bits per heavy atom. The van der Waals surface area contributed by atoms with Gasteiger partial charge in [0.25, 0.3) is 5.91 Å². The fraction of sp³-hybridized carbons (Fsp3) is 0.538. The second-order valence-corrected chi connectivity index (χ2v) is 5.80. The second-order valence-electron chi connectivity index (χ2n) is 5.42. The van der Waals surface area contributed by atoms with Gasteiger partial charge in [-0.2, -0.15) is 0 Å². The van der Waals surface area contributed by atoms with Crippen LogP contribution in [0.1, 0.15) is 42.7 Å². The maximum Gasteiger partial charge on any atom is 0.254 e. The first-order valence-electron chi connectivity index (χ1n) is 5.98. The van der Waals surface area contributed by atoms with Crippen LogP contribution in [-0.4, -0.2) is 39.6 Å². The quantitative estimate of drug-likeness (QED) is 0.836. The highest BCUT2D eigenvalue weighted by atomic mass is 35.5. The molecule has 1 N–H and O–H groups in total. The molecular weight excluding hydrogens is 252 g/mol. The monoisotopic (exact) mass is 268 g/mol. The van der Waals surface area contributed by atoms with Gasteiger partial charge >= 0.3 is 0 Å². The van der Waals surface area contributed by atoms with E-state index in [9.17, 15) is 9.90 Å². The number of likely N-dealkylation sites (tertiary alicyclic amines) is 1. The molecule has 0 unspecified atom stereocenters. The highest BCUT2D eigenvalue weighted by Gasteiger charge is 2.39. The predicted molar refractivity (Wildman–Crippen MR) is 69.9 cm³/mol. The smallest absolute Gasteiger partial charge is 0.254 e. The van der Waals surface area contributed by atoms with Crippen LogP contribution in [0.2, 0.25) is 5.15 Å². The molecule has 5 heteroatoms. The Morgan fingerprint density at radius 1 is 1.50 bits per heavy atom.